The number of benzene rings is 1. The molecule has 0 bridgehead atoms. The summed E-state index contributed by atoms with van der Waals surface area (Å²) >= 11 is 0. The van der Waals surface area contributed by atoms with E-state index in [0.29, 0.717) is 32.7 Å². The van der Waals surface area contributed by atoms with Crippen molar-refractivity contribution in [2.45, 2.75) is 6.10 Å². The number of carbonyl (C=O) groups is 1. The van der Waals surface area contributed by atoms with E-state index >= 15 is 0 Å². The molecule has 7 nitrogen and oxygen atoms in total. The lowest BCUT2D eigenvalue weighted by molar-refractivity contribution is -0.127. The molecular formula is C13H22N4O3. The fourth-order valence-corrected chi connectivity index (χ4v) is 1.54. The molecule has 1 aromatic rings. The highest BCUT2D eigenvalue weighted by Gasteiger charge is 2.20. The van der Waals surface area contributed by atoms with Gasteiger partial charge in [0.15, 0.2) is 17.6 Å². The number of hydrogen-bond acceptors (Lipinski definition) is 6. The zero-order valence-electron chi connectivity index (χ0n) is 11.3. The summed E-state index contributed by atoms with van der Waals surface area (Å²) in [5, 5.41) is 15.3. The van der Waals surface area contributed by atoms with Crippen LogP contribution in [0.25, 0.3) is 0 Å². The molecule has 0 aliphatic carbocycles. The fourth-order valence-electron chi connectivity index (χ4n) is 1.54. The summed E-state index contributed by atoms with van der Waals surface area (Å²) in [5.74, 6) is -0.0406. The fraction of sp³-hybridized carbons (Fsp3) is 0.462. The molecule has 0 spiro atoms. The minimum atomic E-state index is -0.763. The maximum Gasteiger partial charge on any atom is 0.262 e. The van der Waals surface area contributed by atoms with Crippen LogP contribution in [-0.2, 0) is 4.79 Å². The van der Waals surface area contributed by atoms with Crippen molar-refractivity contribution in [3.05, 3.63) is 24.3 Å². The van der Waals surface area contributed by atoms with Crippen molar-refractivity contribution in [3.8, 4) is 11.5 Å². The second kappa shape index (κ2) is 9.13. The van der Waals surface area contributed by atoms with Gasteiger partial charge in [0, 0.05) is 32.7 Å². The van der Waals surface area contributed by atoms with Gasteiger partial charge in [-0.3, -0.25) is 4.79 Å². The van der Waals surface area contributed by atoms with E-state index in [9.17, 15) is 9.90 Å². The van der Waals surface area contributed by atoms with Crippen molar-refractivity contribution in [1.82, 2.24) is 10.6 Å². The molecule has 1 atom stereocenters. The molecule has 0 aromatic heterocycles. The van der Waals surface area contributed by atoms with Crippen molar-refractivity contribution in [2.24, 2.45) is 11.5 Å². The van der Waals surface area contributed by atoms with Gasteiger partial charge in [-0.2, -0.15) is 0 Å². The third kappa shape index (κ3) is 5.43. The summed E-state index contributed by atoms with van der Waals surface area (Å²) in [6.45, 7) is 2.06. The predicted octanol–water partition coefficient (Wildman–Crippen LogP) is -1.24. The van der Waals surface area contributed by atoms with E-state index in [4.69, 9.17) is 16.2 Å². The number of ether oxygens (including phenoxy) is 1. The quantitative estimate of drug-likeness (QED) is 0.361. The van der Waals surface area contributed by atoms with Gasteiger partial charge in [-0.15, -0.1) is 0 Å². The Morgan fingerprint density at radius 2 is 1.95 bits per heavy atom. The molecular weight excluding hydrogens is 260 g/mol. The van der Waals surface area contributed by atoms with Crippen LogP contribution in [0.15, 0.2) is 24.3 Å². The molecule has 0 radical (unpaired) electrons. The zero-order valence-corrected chi connectivity index (χ0v) is 11.3. The first-order valence-corrected chi connectivity index (χ1v) is 6.52. The Kier molecular flexibility index (Phi) is 7.41. The van der Waals surface area contributed by atoms with E-state index < -0.39 is 6.10 Å². The Balaban J connectivity index is 2.66. The van der Waals surface area contributed by atoms with Crippen LogP contribution in [0, 0.1) is 0 Å². The summed E-state index contributed by atoms with van der Waals surface area (Å²) in [6, 6.07) is 6.49. The standard InChI is InChI=1S/C13H22N4O3/c14-5-7-16-9-12(13(19)17-8-6-15)20-11-4-2-1-3-10(11)18/h1-4,12,16,18H,5-9,14-15H2,(H,17,19). The number of rotatable bonds is 9. The van der Waals surface area contributed by atoms with Crippen LogP contribution in [0.1, 0.15) is 0 Å². The van der Waals surface area contributed by atoms with Gasteiger partial charge in [0.1, 0.15) is 0 Å². The summed E-state index contributed by atoms with van der Waals surface area (Å²) < 4.78 is 5.54. The van der Waals surface area contributed by atoms with Gasteiger partial charge in [0.2, 0.25) is 0 Å². The van der Waals surface area contributed by atoms with Crippen molar-refractivity contribution in [2.75, 3.05) is 32.7 Å². The first-order valence-electron chi connectivity index (χ1n) is 6.52. The maximum absolute atomic E-state index is 12.0. The lowest BCUT2D eigenvalue weighted by Crippen LogP contribution is -2.46. The molecule has 0 aliphatic heterocycles. The number of para-hydroxylation sites is 2. The smallest absolute Gasteiger partial charge is 0.262 e. The number of carbonyl (C=O) groups excluding carboxylic acids is 1. The lowest BCUT2D eigenvalue weighted by atomic mass is 10.3. The Morgan fingerprint density at radius 3 is 2.60 bits per heavy atom. The van der Waals surface area contributed by atoms with Gasteiger partial charge < -0.3 is 31.9 Å². The largest absolute Gasteiger partial charge is 0.504 e. The molecule has 0 fully saturated rings. The Morgan fingerprint density at radius 1 is 1.25 bits per heavy atom. The Bertz CT molecular complexity index is 414. The topological polar surface area (TPSA) is 123 Å². The third-order valence-electron chi connectivity index (χ3n) is 2.52. The highest BCUT2D eigenvalue weighted by molar-refractivity contribution is 5.81. The van der Waals surface area contributed by atoms with E-state index in [1.807, 2.05) is 0 Å². The van der Waals surface area contributed by atoms with Gasteiger partial charge in [0.25, 0.3) is 5.91 Å². The van der Waals surface area contributed by atoms with Gasteiger partial charge in [-0.25, -0.2) is 0 Å². The Labute approximate surface area is 118 Å². The molecule has 7 N–H and O–H groups in total. The van der Waals surface area contributed by atoms with Crippen LogP contribution < -0.4 is 26.8 Å². The molecule has 1 aromatic carbocycles. The molecule has 1 unspecified atom stereocenters. The average molecular weight is 282 g/mol. The van der Waals surface area contributed by atoms with Crippen LogP contribution in [0.3, 0.4) is 0 Å². The Hall–Kier alpha value is -1.83. The van der Waals surface area contributed by atoms with Crippen LogP contribution in [0.5, 0.6) is 11.5 Å². The summed E-state index contributed by atoms with van der Waals surface area (Å²) in [6.07, 6.45) is -0.763. The lowest BCUT2D eigenvalue weighted by Gasteiger charge is -2.19. The average Bonchev–Trinajstić information content (AvgIpc) is 2.46. The maximum atomic E-state index is 12.0. The molecule has 0 saturated heterocycles. The molecule has 0 aliphatic rings. The number of nitrogens with one attached hydrogen (secondary N) is 2. The van der Waals surface area contributed by atoms with E-state index in [-0.39, 0.29) is 17.4 Å². The SMILES string of the molecule is NCCNCC(Oc1ccccc1O)C(=O)NCCN. The minimum Gasteiger partial charge on any atom is -0.504 e. The van der Waals surface area contributed by atoms with Crippen LogP contribution in [0.2, 0.25) is 0 Å². The van der Waals surface area contributed by atoms with Gasteiger partial charge in [0.05, 0.1) is 0 Å². The van der Waals surface area contributed by atoms with Crippen LogP contribution >= 0.6 is 0 Å². The third-order valence-corrected chi connectivity index (χ3v) is 2.52. The summed E-state index contributed by atoms with van der Waals surface area (Å²) in [7, 11) is 0. The number of amides is 1. The molecule has 0 saturated carbocycles. The first kappa shape index (κ1) is 16.2. The monoisotopic (exact) mass is 282 g/mol. The zero-order chi connectivity index (χ0) is 14.8. The second-order valence-electron chi connectivity index (χ2n) is 4.15. The van der Waals surface area contributed by atoms with Crippen molar-refractivity contribution < 1.29 is 14.6 Å². The molecule has 20 heavy (non-hydrogen) atoms. The number of phenols is 1. The predicted molar refractivity (Wildman–Crippen MR) is 76.5 cm³/mol. The van der Waals surface area contributed by atoms with Crippen LogP contribution in [0.4, 0.5) is 0 Å². The van der Waals surface area contributed by atoms with E-state index in [1.165, 1.54) is 6.07 Å². The highest BCUT2D eigenvalue weighted by Crippen LogP contribution is 2.25. The molecule has 112 valence electrons. The van der Waals surface area contributed by atoms with E-state index in [1.54, 1.807) is 18.2 Å². The number of hydrogen-bond donors (Lipinski definition) is 5. The normalized spacial score (nSPS) is 11.9. The molecule has 1 rings (SSSR count). The summed E-state index contributed by atoms with van der Waals surface area (Å²) in [4.78, 5) is 12.0. The first-order chi connectivity index (χ1) is 9.69. The van der Waals surface area contributed by atoms with E-state index in [2.05, 4.69) is 10.6 Å². The van der Waals surface area contributed by atoms with Gasteiger partial charge in [-0.1, -0.05) is 12.1 Å². The van der Waals surface area contributed by atoms with Gasteiger partial charge >= 0.3 is 0 Å². The minimum absolute atomic E-state index is 0.0112. The highest BCUT2D eigenvalue weighted by atomic mass is 16.5. The van der Waals surface area contributed by atoms with Gasteiger partial charge in [-0.05, 0) is 12.1 Å². The molecule has 7 heteroatoms. The summed E-state index contributed by atoms with van der Waals surface area (Å²) in [5.41, 5.74) is 10.7. The van der Waals surface area contributed by atoms with Crippen molar-refractivity contribution in [1.29, 1.82) is 0 Å². The number of phenolic OH excluding ortho intramolecular Hbond substituents is 1. The number of aromatic hydroxyl groups is 1. The number of nitrogens with two attached hydrogens (primary N) is 2. The van der Waals surface area contributed by atoms with Crippen LogP contribution in [-0.4, -0.2) is 49.8 Å². The van der Waals surface area contributed by atoms with E-state index in [0.717, 1.165) is 0 Å². The molecule has 0 heterocycles. The van der Waals surface area contributed by atoms with Crippen molar-refractivity contribution >= 4 is 5.91 Å². The van der Waals surface area contributed by atoms with Crippen molar-refractivity contribution in [3.63, 3.8) is 0 Å². The second-order valence-corrected chi connectivity index (χ2v) is 4.15. The molecule has 1 amide bonds.